The first kappa shape index (κ1) is 27.0. The number of hydrogen-bond donors (Lipinski definition) is 6. The molecule has 30 heavy (non-hydrogen) atoms. The zero-order chi connectivity index (χ0) is 22.5. The summed E-state index contributed by atoms with van der Waals surface area (Å²) in [5, 5.41) is 52.1. The van der Waals surface area contributed by atoms with Crippen molar-refractivity contribution in [1.29, 1.82) is 0 Å². The Bertz CT molecular complexity index is 501. The molecule has 0 bridgehead atoms. The Labute approximate surface area is 178 Å². The molecular formula is C21H39NO8. The molecule has 0 aromatic heterocycles. The Kier molecular flexibility index (Phi) is 13.3. The molecule has 1 fully saturated rings. The maximum atomic E-state index is 11.8. The fraction of sp³-hybridized carbons (Fsp3) is 0.857. The number of ether oxygens (including phenoxy) is 2. The monoisotopic (exact) mass is 433 g/mol. The van der Waals surface area contributed by atoms with Crippen molar-refractivity contribution in [1.82, 2.24) is 5.32 Å². The Balaban J connectivity index is 2.61. The number of hydrogen-bond acceptors (Lipinski definition) is 8. The Hall–Kier alpha value is -1.07. The molecule has 6 N–H and O–H groups in total. The molecule has 0 aromatic carbocycles. The molecule has 0 aromatic rings. The van der Waals surface area contributed by atoms with Gasteiger partial charge in [-0.25, -0.2) is 0 Å². The molecular weight excluding hydrogens is 394 g/mol. The van der Waals surface area contributed by atoms with Crippen molar-refractivity contribution in [3.05, 3.63) is 12.2 Å². The molecule has 176 valence electrons. The number of aliphatic hydroxyl groups is 5. The normalized spacial score (nSPS) is 29.1. The second-order valence-electron chi connectivity index (χ2n) is 7.68. The van der Waals surface area contributed by atoms with Gasteiger partial charge in [0.15, 0.2) is 6.29 Å². The second-order valence-corrected chi connectivity index (χ2v) is 7.68. The fourth-order valence-corrected chi connectivity index (χ4v) is 3.17. The van der Waals surface area contributed by atoms with Crippen molar-refractivity contribution in [2.24, 2.45) is 0 Å². The number of amides is 1. The molecule has 1 amide bonds. The average molecular weight is 434 g/mol. The van der Waals surface area contributed by atoms with Crippen LogP contribution in [0.5, 0.6) is 0 Å². The quantitative estimate of drug-likeness (QED) is 0.165. The van der Waals surface area contributed by atoms with E-state index in [4.69, 9.17) is 9.47 Å². The van der Waals surface area contributed by atoms with E-state index in [2.05, 4.69) is 12.2 Å². The molecule has 0 spiro atoms. The summed E-state index contributed by atoms with van der Waals surface area (Å²) in [5.41, 5.74) is 0. The molecule has 1 heterocycles. The third-order valence-electron chi connectivity index (χ3n) is 5.18. The van der Waals surface area contributed by atoms with Crippen LogP contribution >= 0.6 is 0 Å². The van der Waals surface area contributed by atoms with Gasteiger partial charge in [0.25, 0.3) is 0 Å². The molecule has 7 atom stereocenters. The third-order valence-corrected chi connectivity index (χ3v) is 5.18. The zero-order valence-corrected chi connectivity index (χ0v) is 18.0. The van der Waals surface area contributed by atoms with Crippen LogP contribution in [0.25, 0.3) is 0 Å². The van der Waals surface area contributed by atoms with E-state index in [1.807, 2.05) is 6.08 Å². The first-order valence-corrected chi connectivity index (χ1v) is 10.9. The minimum Gasteiger partial charge on any atom is -0.394 e. The lowest BCUT2D eigenvalue weighted by atomic mass is 9.99. The summed E-state index contributed by atoms with van der Waals surface area (Å²) >= 11 is 0. The van der Waals surface area contributed by atoms with Gasteiger partial charge in [0.1, 0.15) is 24.4 Å². The lowest BCUT2D eigenvalue weighted by Crippen LogP contribution is -2.60. The molecule has 9 nitrogen and oxygen atoms in total. The lowest BCUT2D eigenvalue weighted by Gasteiger charge is -2.40. The molecule has 9 heteroatoms. The van der Waals surface area contributed by atoms with Crippen LogP contribution in [-0.2, 0) is 14.3 Å². The van der Waals surface area contributed by atoms with Gasteiger partial charge in [-0.3, -0.25) is 4.79 Å². The van der Waals surface area contributed by atoms with Crippen molar-refractivity contribution >= 4 is 5.91 Å². The maximum absolute atomic E-state index is 11.8. The molecule has 1 saturated heterocycles. The van der Waals surface area contributed by atoms with E-state index < -0.39 is 49.5 Å². The standard InChI is InChI=1S/C21H39NO8/c1-3-5-6-7-8-9-10-11-15(24)14(22-17(25)4-2)13-29-21-20(28)19(27)18(26)16(12-23)30-21/h10-11,14-16,18-21,23-24,26-28H,3-9,12-13H2,1-2H3,(H,22,25)/b11-10+. The summed E-state index contributed by atoms with van der Waals surface area (Å²) in [6, 6.07) is -0.791. The first-order chi connectivity index (χ1) is 14.3. The minimum absolute atomic E-state index is 0.198. The number of nitrogens with one attached hydrogen (secondary N) is 1. The van der Waals surface area contributed by atoms with E-state index in [1.54, 1.807) is 13.0 Å². The van der Waals surface area contributed by atoms with Gasteiger partial charge in [-0.2, -0.15) is 0 Å². The Morgan fingerprint density at radius 3 is 2.43 bits per heavy atom. The number of aliphatic hydroxyl groups excluding tert-OH is 5. The van der Waals surface area contributed by atoms with Gasteiger partial charge in [0.2, 0.25) is 5.91 Å². The molecule has 7 unspecified atom stereocenters. The number of carbonyl (C=O) groups excluding carboxylic acids is 1. The molecule has 1 rings (SSSR count). The van der Waals surface area contributed by atoms with Crippen LogP contribution in [0, 0.1) is 0 Å². The van der Waals surface area contributed by atoms with E-state index in [0.29, 0.717) is 0 Å². The SMILES string of the molecule is CCCCCCC/C=C/C(O)C(COC1OC(CO)C(O)C(O)C1O)NC(=O)CC. The highest BCUT2D eigenvalue weighted by Gasteiger charge is 2.44. The highest BCUT2D eigenvalue weighted by atomic mass is 16.7. The van der Waals surface area contributed by atoms with E-state index >= 15 is 0 Å². The van der Waals surface area contributed by atoms with Crippen LogP contribution in [-0.4, -0.2) is 87.5 Å². The molecule has 1 aliphatic rings. The number of rotatable bonds is 14. The van der Waals surface area contributed by atoms with Crippen LogP contribution in [0.1, 0.15) is 58.8 Å². The molecule has 0 saturated carbocycles. The summed E-state index contributed by atoms with van der Waals surface area (Å²) in [7, 11) is 0. The van der Waals surface area contributed by atoms with Crippen LogP contribution < -0.4 is 5.32 Å². The first-order valence-electron chi connectivity index (χ1n) is 10.9. The zero-order valence-electron chi connectivity index (χ0n) is 18.0. The van der Waals surface area contributed by atoms with Gasteiger partial charge < -0.3 is 40.3 Å². The van der Waals surface area contributed by atoms with Gasteiger partial charge in [0.05, 0.1) is 25.4 Å². The van der Waals surface area contributed by atoms with Gasteiger partial charge >= 0.3 is 0 Å². The van der Waals surface area contributed by atoms with Crippen LogP contribution in [0.3, 0.4) is 0 Å². The van der Waals surface area contributed by atoms with Gasteiger partial charge in [-0.15, -0.1) is 0 Å². The van der Waals surface area contributed by atoms with E-state index in [-0.39, 0.29) is 18.9 Å². The topological polar surface area (TPSA) is 149 Å². The lowest BCUT2D eigenvalue weighted by molar-refractivity contribution is -0.302. The summed E-state index contributed by atoms with van der Waals surface area (Å²) in [5.74, 6) is -0.274. The third kappa shape index (κ3) is 8.97. The molecule has 0 aliphatic carbocycles. The summed E-state index contributed by atoms with van der Waals surface area (Å²) < 4.78 is 10.8. The fourth-order valence-electron chi connectivity index (χ4n) is 3.17. The van der Waals surface area contributed by atoms with Crippen molar-refractivity contribution in [2.45, 2.75) is 102 Å². The Morgan fingerprint density at radius 1 is 1.10 bits per heavy atom. The second kappa shape index (κ2) is 14.9. The Morgan fingerprint density at radius 2 is 1.80 bits per heavy atom. The van der Waals surface area contributed by atoms with Crippen LogP contribution in [0.4, 0.5) is 0 Å². The van der Waals surface area contributed by atoms with E-state index in [9.17, 15) is 30.3 Å². The number of allylic oxidation sites excluding steroid dienone is 1. The number of carbonyl (C=O) groups is 1. The van der Waals surface area contributed by atoms with E-state index in [0.717, 1.165) is 19.3 Å². The average Bonchev–Trinajstić information content (AvgIpc) is 2.75. The highest BCUT2D eigenvalue weighted by Crippen LogP contribution is 2.22. The van der Waals surface area contributed by atoms with Gasteiger partial charge in [-0.05, 0) is 12.8 Å². The summed E-state index contributed by atoms with van der Waals surface area (Å²) in [4.78, 5) is 11.8. The predicted octanol–water partition coefficient (Wildman–Crippen LogP) is -0.0247. The van der Waals surface area contributed by atoms with Crippen molar-refractivity contribution in [3.8, 4) is 0 Å². The number of unbranched alkanes of at least 4 members (excludes halogenated alkanes) is 5. The van der Waals surface area contributed by atoms with E-state index in [1.165, 1.54) is 19.3 Å². The largest absolute Gasteiger partial charge is 0.394 e. The molecule has 0 radical (unpaired) electrons. The predicted molar refractivity (Wildman–Crippen MR) is 110 cm³/mol. The van der Waals surface area contributed by atoms with Crippen molar-refractivity contribution < 1.29 is 39.8 Å². The van der Waals surface area contributed by atoms with Gasteiger partial charge in [0, 0.05) is 6.42 Å². The minimum atomic E-state index is -1.55. The highest BCUT2D eigenvalue weighted by molar-refractivity contribution is 5.75. The van der Waals surface area contributed by atoms with Crippen LogP contribution in [0.2, 0.25) is 0 Å². The maximum Gasteiger partial charge on any atom is 0.220 e. The van der Waals surface area contributed by atoms with Crippen molar-refractivity contribution in [2.75, 3.05) is 13.2 Å². The van der Waals surface area contributed by atoms with Gasteiger partial charge in [-0.1, -0.05) is 51.7 Å². The summed E-state index contributed by atoms with van der Waals surface area (Å²) in [6.45, 7) is 3.08. The van der Waals surface area contributed by atoms with Crippen LogP contribution in [0.15, 0.2) is 12.2 Å². The smallest absolute Gasteiger partial charge is 0.220 e. The molecule has 1 aliphatic heterocycles. The van der Waals surface area contributed by atoms with Crippen molar-refractivity contribution in [3.63, 3.8) is 0 Å². The summed E-state index contributed by atoms with van der Waals surface area (Å²) in [6.07, 6.45) is 2.27.